The molecule has 0 unspecified atom stereocenters. The first-order valence-corrected chi connectivity index (χ1v) is 5.54. The van der Waals surface area contributed by atoms with Crippen LogP contribution in [0.15, 0.2) is 0 Å². The fourth-order valence-corrected chi connectivity index (χ4v) is 0. The van der Waals surface area contributed by atoms with Gasteiger partial charge in [-0.15, -0.1) is 0 Å². The first kappa shape index (κ1) is 29.7. The van der Waals surface area contributed by atoms with Gasteiger partial charge in [-0.3, -0.25) is 0 Å². The zero-order chi connectivity index (χ0) is 13.2. The molecule has 14 heteroatoms. The molecule has 0 aromatic carbocycles. The van der Waals surface area contributed by atoms with E-state index in [0.717, 1.165) is 52.1 Å². The van der Waals surface area contributed by atoms with Gasteiger partial charge in [-0.1, -0.05) is 0 Å². The van der Waals surface area contributed by atoms with Crippen LogP contribution in [0.1, 0.15) is 0 Å². The second-order valence-electron chi connectivity index (χ2n) is 0.447. The van der Waals surface area contributed by atoms with Crippen molar-refractivity contribution >= 4 is 17.2 Å². The molecule has 0 aliphatic carbocycles. The van der Waals surface area contributed by atoms with Crippen LogP contribution in [-0.2, 0) is 63.1 Å². The molecule has 9 nitrogen and oxygen atoms in total. The Bertz CT molecular complexity index is 54.8. The molecule has 79 valence electrons. The molecule has 0 fully saturated rings. The van der Waals surface area contributed by atoms with Crippen LogP contribution in [0, 0.1) is 0 Å². The van der Waals surface area contributed by atoms with Crippen LogP contribution >= 0.6 is 17.2 Å². The summed E-state index contributed by atoms with van der Waals surface area (Å²) in [5, 5.41) is 0. The Morgan fingerprint density at radius 3 is 0.500 bits per heavy atom. The third kappa shape index (κ3) is 715. The van der Waals surface area contributed by atoms with E-state index in [-0.39, 0.29) is 0 Å². The Balaban J connectivity index is -0.0000000255. The molecule has 0 amide bonds. The van der Waals surface area contributed by atoms with Gasteiger partial charge in [0.1, 0.15) is 0 Å². The molecule has 0 spiro atoms. The van der Waals surface area contributed by atoms with Crippen LogP contribution in [0.4, 0.5) is 0 Å². The number of hydrogen-bond donors (Lipinski definition) is 0. The summed E-state index contributed by atoms with van der Waals surface area (Å²) in [7, 11) is -6.74. The minimum absolute atomic E-state index is 1.06. The van der Waals surface area contributed by atoms with Gasteiger partial charge < -0.3 is 46.6 Å². The summed E-state index contributed by atoms with van der Waals surface area (Å²) >= 11 is 3.19. The average Bonchev–Trinajstić information content (AvgIpc) is 2.12. The van der Waals surface area contributed by atoms with Crippen molar-refractivity contribution in [1.29, 1.82) is 0 Å². The first-order chi connectivity index (χ1) is 6.46. The van der Waals surface area contributed by atoms with Crippen LogP contribution in [0.25, 0.3) is 0 Å². The molecule has 0 saturated carbocycles. The number of hydrogen-bond acceptors (Lipinski definition) is 9. The van der Waals surface area contributed by atoms with E-state index in [0.29, 0.717) is 0 Å². The molecule has 0 atom stereocenters. The molecule has 0 heterocycles. The van der Waals surface area contributed by atoms with E-state index in [4.69, 9.17) is 40.4 Å². The average molecular weight is 359 g/mol. The maximum absolute atomic E-state index is 8.48. The molecule has 14 heavy (non-hydrogen) atoms. The Kier molecular flexibility index (Phi) is 98.3. The van der Waals surface area contributed by atoms with Crippen molar-refractivity contribution in [3.05, 3.63) is 0 Å². The van der Waals surface area contributed by atoms with E-state index < -0.39 is 17.2 Å². The van der Waals surface area contributed by atoms with E-state index in [2.05, 4.69) is 0 Å². The fraction of sp³-hybridized carbons (Fsp3) is 0. The Morgan fingerprint density at radius 2 is 0.500 bits per heavy atom. The van der Waals surface area contributed by atoms with Crippen molar-refractivity contribution in [1.82, 2.24) is 0 Å². The predicted octanol–water partition coefficient (Wildman–Crippen LogP) is -5.78. The second-order valence-corrected chi connectivity index (χ2v) is 1.34. The summed E-state index contributed by atoms with van der Waals surface area (Å²) in [6.07, 6.45) is 0. The van der Waals surface area contributed by atoms with Gasteiger partial charge in [-0.2, -0.15) is 0 Å². The summed E-state index contributed by atoms with van der Waals surface area (Å²) in [6.45, 7) is 0. The third-order valence-electron chi connectivity index (χ3n) is 0. The Labute approximate surface area is 109 Å². The van der Waals surface area contributed by atoms with Crippen molar-refractivity contribution in [2.45, 2.75) is 0 Å². The van der Waals surface area contributed by atoms with Crippen molar-refractivity contribution in [2.75, 3.05) is 0 Å². The molecular weight excluding hydrogens is 359 g/mol. The molecule has 0 bridgehead atoms. The van der Waals surface area contributed by atoms with Gasteiger partial charge in [0, 0.05) is 0 Å². The van der Waals surface area contributed by atoms with Crippen molar-refractivity contribution in [2.24, 2.45) is 0 Å². The predicted molar refractivity (Wildman–Crippen MR) is 15.9 cm³/mol. The normalized spacial score (nSPS) is 6.43. The van der Waals surface area contributed by atoms with Crippen LogP contribution < -0.4 is 29.4 Å². The quantitative estimate of drug-likeness (QED) is 0.379. The van der Waals surface area contributed by atoms with Gasteiger partial charge in [-0.05, 0) is 0 Å². The van der Waals surface area contributed by atoms with E-state index in [1.54, 1.807) is 0 Å². The molecule has 0 radical (unpaired) electrons. The van der Waals surface area contributed by atoms with Crippen LogP contribution in [0.2, 0.25) is 0 Å². The fourth-order valence-electron chi connectivity index (χ4n) is 0. The van der Waals surface area contributed by atoms with Crippen LogP contribution in [0.5, 0.6) is 0 Å². The van der Waals surface area contributed by atoms with Crippen molar-refractivity contribution < 1.29 is 92.5 Å². The van der Waals surface area contributed by atoms with Crippen LogP contribution in [-0.4, -0.2) is 0 Å². The van der Waals surface area contributed by atoms with E-state index >= 15 is 0 Å². The van der Waals surface area contributed by atoms with Crippen LogP contribution in [0.3, 0.4) is 0 Å². The van der Waals surface area contributed by atoms with E-state index in [1.165, 1.54) is 0 Å². The molecule has 0 aliphatic heterocycles. The molecule has 0 saturated heterocycles. The first-order valence-electron chi connectivity index (χ1n) is 1.64. The molecule has 0 N–H and O–H groups in total. The van der Waals surface area contributed by atoms with Gasteiger partial charge in [0.05, 0.1) is 0 Å². The second kappa shape index (κ2) is 46.4. The van der Waals surface area contributed by atoms with E-state index in [9.17, 15) is 0 Å². The standard InChI is InChI=1S/2O3P.3O.3V/c2*1-4(2)3;;;;;;/q2*-3;;;;3*+2. The maximum atomic E-state index is 8.48. The monoisotopic (exact) mass is 359 g/mol. The summed E-state index contributed by atoms with van der Waals surface area (Å²) < 4.78 is 24.6. The SMILES string of the molecule is [O-]P([O-])[O-].[O-]P([O-])[O-].[O]=[V+2].[O]=[V+2].[O]=[V+2]. The van der Waals surface area contributed by atoms with Gasteiger partial charge in [-0.25, -0.2) is 0 Å². The van der Waals surface area contributed by atoms with Crippen molar-refractivity contribution in [3.63, 3.8) is 0 Å². The third-order valence-corrected chi connectivity index (χ3v) is 0. The molecule has 0 rings (SSSR count). The zero-order valence-electron chi connectivity index (χ0n) is 5.91. The zero-order valence-corrected chi connectivity index (χ0v) is 11.9. The van der Waals surface area contributed by atoms with Gasteiger partial charge >= 0.3 is 63.1 Å². The Hall–Kier alpha value is 1.77. The molecule has 0 aliphatic rings. The molecule has 0 aromatic heterocycles. The Morgan fingerprint density at radius 1 is 0.500 bits per heavy atom. The minimum atomic E-state index is -3.37. The van der Waals surface area contributed by atoms with E-state index in [1.807, 2.05) is 0 Å². The molecular formula is O9P2V3. The number of rotatable bonds is 0. The van der Waals surface area contributed by atoms with Crippen molar-refractivity contribution in [3.8, 4) is 0 Å². The summed E-state index contributed by atoms with van der Waals surface area (Å²) in [6, 6.07) is 0. The molecule has 0 aromatic rings. The summed E-state index contributed by atoms with van der Waals surface area (Å²) in [4.78, 5) is 50.9. The summed E-state index contributed by atoms with van der Waals surface area (Å²) in [5.41, 5.74) is 0. The van der Waals surface area contributed by atoms with Gasteiger partial charge in [0.25, 0.3) is 0 Å². The summed E-state index contributed by atoms with van der Waals surface area (Å²) in [5.74, 6) is 0. The van der Waals surface area contributed by atoms with Gasteiger partial charge in [0.15, 0.2) is 0 Å². The topological polar surface area (TPSA) is 190 Å². The van der Waals surface area contributed by atoms with Gasteiger partial charge in [0.2, 0.25) is 0 Å².